The first kappa shape index (κ1) is 25.3. The average Bonchev–Trinajstić information content (AvgIpc) is 2.92. The van der Waals surface area contributed by atoms with E-state index in [9.17, 15) is 0 Å². The molecule has 1 saturated carbocycles. The number of nitrogens with two attached hydrogens (primary N) is 1. The second-order valence-corrected chi connectivity index (χ2v) is 10.1. The molecule has 37 heavy (non-hydrogen) atoms. The standard InChI is InChI=1S/C31H33F2N3O/c1-20-5-8-25(9-6-20)35-19-24(18-34)30-10-7-22-3-2-4-26(31(22)36-30)23-16-28(32)27(29(33)17-23)15-21-11-13-37-14-12-21/h2-4,7,10,16-19,21,25H,1,5-6,8-9,11-15,34H2. The molecule has 0 atom stereocenters. The van der Waals surface area contributed by atoms with Crippen molar-refractivity contribution in [2.24, 2.45) is 16.6 Å². The molecule has 1 aliphatic heterocycles. The molecule has 192 valence electrons. The van der Waals surface area contributed by atoms with E-state index in [-0.39, 0.29) is 17.5 Å². The van der Waals surface area contributed by atoms with Crippen molar-refractivity contribution in [2.45, 2.75) is 51.0 Å². The Balaban J connectivity index is 1.45. The van der Waals surface area contributed by atoms with E-state index >= 15 is 8.78 Å². The zero-order chi connectivity index (χ0) is 25.8. The maximum absolute atomic E-state index is 15.2. The highest BCUT2D eigenvalue weighted by molar-refractivity contribution is 6.09. The predicted molar refractivity (Wildman–Crippen MR) is 146 cm³/mol. The van der Waals surface area contributed by atoms with Gasteiger partial charge >= 0.3 is 0 Å². The van der Waals surface area contributed by atoms with Gasteiger partial charge in [-0.15, -0.1) is 0 Å². The number of para-hydroxylation sites is 1. The summed E-state index contributed by atoms with van der Waals surface area (Å²) in [6, 6.07) is 12.6. The number of aromatic nitrogens is 1. The van der Waals surface area contributed by atoms with Crippen molar-refractivity contribution in [1.82, 2.24) is 4.98 Å². The van der Waals surface area contributed by atoms with Crippen molar-refractivity contribution in [2.75, 3.05) is 13.2 Å². The zero-order valence-electron chi connectivity index (χ0n) is 21.1. The van der Waals surface area contributed by atoms with Gasteiger partial charge in [0, 0.05) is 47.7 Å². The lowest BCUT2D eigenvalue weighted by Crippen LogP contribution is -2.18. The van der Waals surface area contributed by atoms with Gasteiger partial charge in [0.2, 0.25) is 0 Å². The van der Waals surface area contributed by atoms with Gasteiger partial charge < -0.3 is 10.5 Å². The third-order valence-electron chi connectivity index (χ3n) is 7.57. The van der Waals surface area contributed by atoms with Crippen LogP contribution in [0.15, 0.2) is 65.8 Å². The molecule has 0 radical (unpaired) electrons. The maximum atomic E-state index is 15.2. The molecule has 2 heterocycles. The molecule has 2 fully saturated rings. The Bertz CT molecular complexity index is 1320. The average molecular weight is 502 g/mol. The quantitative estimate of drug-likeness (QED) is 0.292. The van der Waals surface area contributed by atoms with Crippen LogP contribution in [0.5, 0.6) is 0 Å². The monoisotopic (exact) mass is 501 g/mol. The number of allylic oxidation sites excluding steroid dienone is 2. The summed E-state index contributed by atoms with van der Waals surface area (Å²) in [7, 11) is 0. The molecule has 0 unspecified atom stereocenters. The second-order valence-electron chi connectivity index (χ2n) is 10.1. The highest BCUT2D eigenvalue weighted by Crippen LogP contribution is 2.32. The van der Waals surface area contributed by atoms with E-state index in [1.807, 2.05) is 30.3 Å². The number of fused-ring (bicyclic) bond motifs is 1. The van der Waals surface area contributed by atoms with Crippen LogP contribution in [0.3, 0.4) is 0 Å². The first-order chi connectivity index (χ1) is 18.0. The highest BCUT2D eigenvalue weighted by Gasteiger charge is 2.21. The molecule has 6 heteroatoms. The summed E-state index contributed by atoms with van der Waals surface area (Å²) in [4.78, 5) is 9.61. The number of halogens is 2. The van der Waals surface area contributed by atoms with Crippen LogP contribution in [0.1, 0.15) is 49.8 Å². The van der Waals surface area contributed by atoms with Gasteiger partial charge in [-0.2, -0.15) is 0 Å². The fraction of sp³-hybridized carbons (Fsp3) is 0.355. The van der Waals surface area contributed by atoms with Gasteiger partial charge in [0.1, 0.15) is 11.6 Å². The van der Waals surface area contributed by atoms with Gasteiger partial charge in [-0.1, -0.05) is 36.4 Å². The Kier molecular flexibility index (Phi) is 7.75. The van der Waals surface area contributed by atoms with Crippen LogP contribution in [-0.4, -0.2) is 30.5 Å². The van der Waals surface area contributed by atoms with Crippen LogP contribution in [-0.2, 0) is 11.2 Å². The van der Waals surface area contributed by atoms with E-state index in [4.69, 9.17) is 20.4 Å². The summed E-state index contributed by atoms with van der Waals surface area (Å²) in [6.07, 6.45) is 9.32. The molecule has 0 spiro atoms. The molecule has 5 rings (SSSR count). The van der Waals surface area contributed by atoms with Gasteiger partial charge in [0.15, 0.2) is 0 Å². The third-order valence-corrected chi connectivity index (χ3v) is 7.57. The summed E-state index contributed by atoms with van der Waals surface area (Å²) in [6.45, 7) is 5.37. The van der Waals surface area contributed by atoms with Crippen LogP contribution in [0, 0.1) is 17.6 Å². The number of ether oxygens (including phenoxy) is 1. The number of nitrogens with zero attached hydrogens (tertiary/aromatic N) is 2. The van der Waals surface area contributed by atoms with Gasteiger partial charge in [0.25, 0.3) is 0 Å². The molecule has 4 nitrogen and oxygen atoms in total. The second kappa shape index (κ2) is 11.3. The Morgan fingerprint density at radius 3 is 2.49 bits per heavy atom. The third kappa shape index (κ3) is 5.80. The maximum Gasteiger partial charge on any atom is 0.129 e. The summed E-state index contributed by atoms with van der Waals surface area (Å²) in [5.74, 6) is -0.792. The lowest BCUT2D eigenvalue weighted by atomic mass is 9.90. The molecular weight excluding hydrogens is 468 g/mol. The lowest BCUT2D eigenvalue weighted by Gasteiger charge is -2.22. The van der Waals surface area contributed by atoms with Crippen molar-refractivity contribution < 1.29 is 13.5 Å². The predicted octanol–water partition coefficient (Wildman–Crippen LogP) is 7.02. The van der Waals surface area contributed by atoms with Gasteiger partial charge in [-0.3, -0.25) is 4.99 Å². The lowest BCUT2D eigenvalue weighted by molar-refractivity contribution is 0.0660. The molecular formula is C31H33F2N3O. The minimum atomic E-state index is -0.514. The minimum Gasteiger partial charge on any atom is -0.404 e. The number of pyridine rings is 1. The summed E-state index contributed by atoms with van der Waals surface area (Å²) in [5.41, 5.74) is 10.6. The Morgan fingerprint density at radius 1 is 1.05 bits per heavy atom. The number of rotatable bonds is 6. The van der Waals surface area contributed by atoms with Crippen LogP contribution < -0.4 is 5.73 Å². The normalized spacial score (nSPS) is 18.2. The molecule has 2 aliphatic rings. The molecule has 0 bridgehead atoms. The number of hydrogen-bond acceptors (Lipinski definition) is 4. The van der Waals surface area contributed by atoms with Crippen LogP contribution >= 0.6 is 0 Å². The Hall–Kier alpha value is -3.38. The van der Waals surface area contributed by atoms with E-state index in [2.05, 4.69) is 6.58 Å². The van der Waals surface area contributed by atoms with Crippen LogP contribution in [0.25, 0.3) is 27.6 Å². The van der Waals surface area contributed by atoms with Crippen molar-refractivity contribution >= 4 is 22.7 Å². The smallest absolute Gasteiger partial charge is 0.129 e. The first-order valence-corrected chi connectivity index (χ1v) is 13.1. The van der Waals surface area contributed by atoms with Gasteiger partial charge in [0.05, 0.1) is 17.3 Å². The largest absolute Gasteiger partial charge is 0.404 e. The molecule has 3 aromatic rings. The molecule has 1 aliphatic carbocycles. The molecule has 2 aromatic carbocycles. The minimum absolute atomic E-state index is 0.153. The number of benzene rings is 2. The summed E-state index contributed by atoms with van der Waals surface area (Å²) in [5, 5.41) is 0.882. The van der Waals surface area contributed by atoms with E-state index in [0.29, 0.717) is 47.5 Å². The number of aliphatic imine (C=N–C) groups is 1. The van der Waals surface area contributed by atoms with Crippen molar-refractivity contribution in [3.8, 4) is 11.1 Å². The molecule has 2 N–H and O–H groups in total. The first-order valence-electron chi connectivity index (χ1n) is 13.1. The fourth-order valence-electron chi connectivity index (χ4n) is 5.27. The van der Waals surface area contributed by atoms with E-state index < -0.39 is 11.6 Å². The van der Waals surface area contributed by atoms with E-state index in [1.54, 1.807) is 6.21 Å². The Morgan fingerprint density at radius 2 is 1.78 bits per heavy atom. The van der Waals surface area contributed by atoms with Gasteiger partial charge in [-0.25, -0.2) is 13.8 Å². The summed E-state index contributed by atoms with van der Waals surface area (Å²) < 4.78 is 35.7. The molecule has 1 aromatic heterocycles. The molecule has 1 saturated heterocycles. The summed E-state index contributed by atoms with van der Waals surface area (Å²) >= 11 is 0. The fourth-order valence-corrected chi connectivity index (χ4v) is 5.27. The van der Waals surface area contributed by atoms with Gasteiger partial charge in [-0.05, 0) is 74.6 Å². The zero-order valence-corrected chi connectivity index (χ0v) is 21.1. The SMILES string of the molecule is C=C1CCC(N=CC(=CN)c2ccc3cccc(-c4cc(F)c(CC5CCOCC5)c(F)c4)c3n2)CC1. The number of hydrogen-bond donors (Lipinski definition) is 1. The van der Waals surface area contributed by atoms with Crippen LogP contribution in [0.4, 0.5) is 8.78 Å². The molecule has 0 amide bonds. The Labute approximate surface area is 217 Å². The van der Waals surface area contributed by atoms with E-state index in [0.717, 1.165) is 43.9 Å². The van der Waals surface area contributed by atoms with Crippen molar-refractivity contribution in [3.63, 3.8) is 0 Å². The van der Waals surface area contributed by atoms with Crippen LogP contribution in [0.2, 0.25) is 0 Å². The van der Waals surface area contributed by atoms with Crippen molar-refractivity contribution in [3.05, 3.63) is 83.7 Å². The van der Waals surface area contributed by atoms with Crippen molar-refractivity contribution in [1.29, 1.82) is 0 Å². The van der Waals surface area contributed by atoms with E-state index in [1.165, 1.54) is 23.9 Å². The topological polar surface area (TPSA) is 60.5 Å². The highest BCUT2D eigenvalue weighted by atomic mass is 19.1.